The van der Waals surface area contributed by atoms with Gasteiger partial charge in [0.1, 0.15) is 0 Å². The summed E-state index contributed by atoms with van der Waals surface area (Å²) in [5.41, 5.74) is 0. The predicted molar refractivity (Wildman–Crippen MR) is 180 cm³/mol. The van der Waals surface area contributed by atoms with Crippen LogP contribution in [-0.4, -0.2) is 48.8 Å². The quantitative estimate of drug-likeness (QED) is 0.0479. The number of allylic oxidation sites excluding steroid dienone is 4. The summed E-state index contributed by atoms with van der Waals surface area (Å²) in [6.07, 6.45) is 39.8. The molecule has 0 aromatic carbocycles. The van der Waals surface area contributed by atoms with Gasteiger partial charge >= 0.3 is 5.97 Å². The molecular formula is C37H71NO3. The monoisotopic (exact) mass is 578 g/mol. The van der Waals surface area contributed by atoms with Crippen molar-refractivity contribution < 1.29 is 14.6 Å². The highest BCUT2D eigenvalue weighted by Gasteiger charge is 2.06. The van der Waals surface area contributed by atoms with Crippen molar-refractivity contribution in [2.75, 3.05) is 32.8 Å². The van der Waals surface area contributed by atoms with Gasteiger partial charge in [-0.05, 0) is 70.9 Å². The molecule has 4 heteroatoms. The summed E-state index contributed by atoms with van der Waals surface area (Å²) in [7, 11) is 0. The van der Waals surface area contributed by atoms with E-state index in [0.29, 0.717) is 13.0 Å². The van der Waals surface area contributed by atoms with Crippen LogP contribution in [0.5, 0.6) is 0 Å². The van der Waals surface area contributed by atoms with Crippen molar-refractivity contribution in [2.45, 2.75) is 174 Å². The number of carbonyl (C=O) groups excluding carboxylic acids is 1. The molecule has 0 amide bonds. The van der Waals surface area contributed by atoms with Crippen LogP contribution in [0.4, 0.5) is 0 Å². The van der Waals surface area contributed by atoms with Crippen LogP contribution in [0.15, 0.2) is 24.3 Å². The lowest BCUT2D eigenvalue weighted by Gasteiger charge is -2.21. The molecule has 0 rings (SSSR count). The standard InChI is InChI=1S/C37H71NO3/c1-3-5-7-9-11-13-14-15-16-17-18-19-20-22-24-28-32-38(34-35-39)33-29-26-27-31-37(40)41-36-30-25-23-21-12-10-8-6-4-2/h11,13,15-16,39H,3-10,12,14,17-36H2,1-2H3/b13-11+,16-15+. The van der Waals surface area contributed by atoms with Crippen LogP contribution in [0.1, 0.15) is 174 Å². The summed E-state index contributed by atoms with van der Waals surface area (Å²) in [5, 5.41) is 9.43. The van der Waals surface area contributed by atoms with E-state index in [1.165, 1.54) is 122 Å². The molecule has 0 aromatic heterocycles. The smallest absolute Gasteiger partial charge is 0.305 e. The second-order valence-electron chi connectivity index (χ2n) is 12.0. The van der Waals surface area contributed by atoms with Gasteiger partial charge in [-0.2, -0.15) is 0 Å². The molecule has 0 aliphatic heterocycles. The van der Waals surface area contributed by atoms with Crippen LogP contribution in [0.2, 0.25) is 0 Å². The summed E-state index contributed by atoms with van der Waals surface area (Å²) in [4.78, 5) is 14.4. The van der Waals surface area contributed by atoms with E-state index in [1.807, 2.05) is 0 Å². The largest absolute Gasteiger partial charge is 0.466 e. The van der Waals surface area contributed by atoms with E-state index >= 15 is 0 Å². The molecule has 1 N–H and O–H groups in total. The number of aliphatic hydroxyl groups is 1. The zero-order valence-corrected chi connectivity index (χ0v) is 27.7. The third-order valence-electron chi connectivity index (χ3n) is 7.96. The van der Waals surface area contributed by atoms with Gasteiger partial charge in [-0.1, -0.05) is 134 Å². The fourth-order valence-electron chi connectivity index (χ4n) is 5.25. The summed E-state index contributed by atoms with van der Waals surface area (Å²) in [5.74, 6) is -0.0295. The van der Waals surface area contributed by atoms with Gasteiger partial charge in [0.2, 0.25) is 0 Å². The van der Waals surface area contributed by atoms with E-state index in [1.54, 1.807) is 0 Å². The van der Waals surface area contributed by atoms with Gasteiger partial charge in [0, 0.05) is 13.0 Å². The van der Waals surface area contributed by atoms with E-state index in [2.05, 4.69) is 43.1 Å². The number of unbranched alkanes of at least 4 members (excludes halogenated alkanes) is 19. The van der Waals surface area contributed by atoms with Crippen LogP contribution < -0.4 is 0 Å². The number of nitrogens with zero attached hydrogens (tertiary/aromatic N) is 1. The Morgan fingerprint density at radius 3 is 1.61 bits per heavy atom. The van der Waals surface area contributed by atoms with Crippen molar-refractivity contribution in [1.29, 1.82) is 0 Å². The lowest BCUT2D eigenvalue weighted by molar-refractivity contribution is -0.143. The second kappa shape index (κ2) is 35.1. The first-order chi connectivity index (χ1) is 20.2. The Bertz CT molecular complexity index is 575. The van der Waals surface area contributed by atoms with Gasteiger partial charge in [0.25, 0.3) is 0 Å². The zero-order chi connectivity index (χ0) is 29.9. The summed E-state index contributed by atoms with van der Waals surface area (Å²) in [6, 6.07) is 0. The molecule has 0 fully saturated rings. The van der Waals surface area contributed by atoms with Crippen LogP contribution in [-0.2, 0) is 9.53 Å². The molecule has 4 nitrogen and oxygen atoms in total. The maximum atomic E-state index is 12.0. The number of aliphatic hydroxyl groups excluding tert-OH is 1. The molecule has 0 unspecified atom stereocenters. The maximum Gasteiger partial charge on any atom is 0.305 e. The van der Waals surface area contributed by atoms with Crippen molar-refractivity contribution in [3.05, 3.63) is 24.3 Å². The number of esters is 1. The first kappa shape index (κ1) is 39.9. The van der Waals surface area contributed by atoms with Crippen LogP contribution >= 0.6 is 0 Å². The average molecular weight is 578 g/mol. The molecule has 0 bridgehead atoms. The van der Waals surface area contributed by atoms with Crippen LogP contribution in [0.25, 0.3) is 0 Å². The molecule has 0 aliphatic rings. The van der Waals surface area contributed by atoms with E-state index in [9.17, 15) is 9.90 Å². The maximum absolute atomic E-state index is 12.0. The summed E-state index contributed by atoms with van der Waals surface area (Å²) in [6.45, 7) is 8.20. The molecule has 0 aliphatic carbocycles. The number of hydrogen-bond donors (Lipinski definition) is 1. The Kier molecular flexibility index (Phi) is 34.1. The van der Waals surface area contributed by atoms with Crippen molar-refractivity contribution in [3.8, 4) is 0 Å². The molecule has 0 heterocycles. The Morgan fingerprint density at radius 1 is 0.561 bits per heavy atom. The minimum Gasteiger partial charge on any atom is -0.466 e. The SMILES string of the molecule is CCCCC/C=C/C/C=C/CCCCCCCCN(CCO)CCCCCC(=O)OCCCCCCCCCCC. The average Bonchev–Trinajstić information content (AvgIpc) is 2.97. The summed E-state index contributed by atoms with van der Waals surface area (Å²) < 4.78 is 5.42. The third kappa shape index (κ3) is 33.2. The lowest BCUT2D eigenvalue weighted by Crippen LogP contribution is -2.29. The Labute approximate surface area is 256 Å². The van der Waals surface area contributed by atoms with Crippen molar-refractivity contribution in [2.24, 2.45) is 0 Å². The van der Waals surface area contributed by atoms with Gasteiger partial charge in [0.05, 0.1) is 13.2 Å². The highest BCUT2D eigenvalue weighted by atomic mass is 16.5. The molecule has 41 heavy (non-hydrogen) atoms. The van der Waals surface area contributed by atoms with Crippen LogP contribution in [0.3, 0.4) is 0 Å². The number of hydrogen-bond acceptors (Lipinski definition) is 4. The first-order valence-corrected chi connectivity index (χ1v) is 18.0. The van der Waals surface area contributed by atoms with Gasteiger partial charge in [-0.25, -0.2) is 0 Å². The van der Waals surface area contributed by atoms with Crippen LogP contribution in [0, 0.1) is 0 Å². The Balaban J connectivity index is 3.54. The molecule has 242 valence electrons. The van der Waals surface area contributed by atoms with Crippen molar-refractivity contribution >= 4 is 5.97 Å². The topological polar surface area (TPSA) is 49.8 Å². The first-order valence-electron chi connectivity index (χ1n) is 18.0. The van der Waals surface area contributed by atoms with E-state index in [-0.39, 0.29) is 12.6 Å². The number of carbonyl (C=O) groups is 1. The zero-order valence-electron chi connectivity index (χ0n) is 27.7. The van der Waals surface area contributed by atoms with E-state index in [4.69, 9.17) is 4.74 Å². The fraction of sp³-hybridized carbons (Fsp3) is 0.865. The molecule has 0 spiro atoms. The number of ether oxygens (including phenoxy) is 1. The fourth-order valence-corrected chi connectivity index (χ4v) is 5.25. The molecule has 0 atom stereocenters. The normalized spacial score (nSPS) is 11.9. The van der Waals surface area contributed by atoms with Crippen molar-refractivity contribution in [3.63, 3.8) is 0 Å². The second-order valence-corrected chi connectivity index (χ2v) is 12.0. The highest BCUT2D eigenvalue weighted by molar-refractivity contribution is 5.69. The van der Waals surface area contributed by atoms with E-state index in [0.717, 1.165) is 51.7 Å². The highest BCUT2D eigenvalue weighted by Crippen LogP contribution is 2.11. The molecule has 0 saturated heterocycles. The molecule has 0 saturated carbocycles. The van der Waals surface area contributed by atoms with Crippen molar-refractivity contribution in [1.82, 2.24) is 4.90 Å². The minimum atomic E-state index is -0.0295. The van der Waals surface area contributed by atoms with Gasteiger partial charge in [0.15, 0.2) is 0 Å². The Hall–Kier alpha value is -1.13. The predicted octanol–water partition coefficient (Wildman–Crippen LogP) is 10.7. The minimum absolute atomic E-state index is 0.0295. The van der Waals surface area contributed by atoms with Gasteiger partial charge in [-0.3, -0.25) is 4.79 Å². The molecule has 0 radical (unpaired) electrons. The molecule has 0 aromatic rings. The van der Waals surface area contributed by atoms with Gasteiger partial charge < -0.3 is 14.7 Å². The van der Waals surface area contributed by atoms with E-state index < -0.39 is 0 Å². The number of rotatable bonds is 33. The summed E-state index contributed by atoms with van der Waals surface area (Å²) >= 11 is 0. The Morgan fingerprint density at radius 2 is 1.02 bits per heavy atom. The lowest BCUT2D eigenvalue weighted by atomic mass is 10.1. The molecular weight excluding hydrogens is 506 g/mol. The van der Waals surface area contributed by atoms with Gasteiger partial charge in [-0.15, -0.1) is 0 Å². The third-order valence-corrected chi connectivity index (χ3v) is 7.96.